The van der Waals surface area contributed by atoms with Gasteiger partial charge < -0.3 is 9.88 Å². The molecule has 1 unspecified atom stereocenters. The predicted octanol–water partition coefficient (Wildman–Crippen LogP) is 0.805. The fourth-order valence-electron chi connectivity index (χ4n) is 2.99. The van der Waals surface area contributed by atoms with Gasteiger partial charge in [0.2, 0.25) is 10.0 Å². The van der Waals surface area contributed by atoms with Crippen LogP contribution in [0.2, 0.25) is 0 Å². The topological polar surface area (TPSA) is 110 Å². The van der Waals surface area contributed by atoms with Gasteiger partial charge >= 0.3 is 0 Å². The molecule has 134 valence electrons. The molecule has 1 aliphatic heterocycles. The lowest BCUT2D eigenvalue weighted by atomic mass is 10.2. The fourth-order valence-corrected chi connectivity index (χ4v) is 4.68. The molecule has 2 aromatic rings. The highest BCUT2D eigenvalue weighted by Gasteiger charge is 2.35. The number of nitrogens with zero attached hydrogens (tertiary/aromatic N) is 4. The summed E-state index contributed by atoms with van der Waals surface area (Å²) in [4.78, 5) is 14.6. The van der Waals surface area contributed by atoms with E-state index in [0.29, 0.717) is 31.0 Å². The van der Waals surface area contributed by atoms with Gasteiger partial charge in [-0.2, -0.15) is 4.31 Å². The number of hydrogen-bond acceptors (Lipinski definition) is 6. The molecule has 9 nitrogen and oxygen atoms in total. The standard InChI is InChI=1S/C15H19N5O4S/c1-18-7-6-17-15(18)14-10-16-5-8-19(14)25(23,24)11-12-3-2-4-13(9-12)20(21)22/h2-4,6-7,9,14,16H,5,8,10-11H2,1H3. The SMILES string of the molecule is Cn1ccnc1C1CNCCN1S(=O)(=O)Cc1cccc([N+](=O)[O-])c1. The molecule has 3 rings (SSSR count). The normalized spacial score (nSPS) is 19.0. The summed E-state index contributed by atoms with van der Waals surface area (Å²) in [6, 6.07) is 5.32. The maximum Gasteiger partial charge on any atom is 0.269 e. The molecule has 1 N–H and O–H groups in total. The van der Waals surface area contributed by atoms with Gasteiger partial charge in [0.1, 0.15) is 5.82 Å². The first-order valence-electron chi connectivity index (χ1n) is 7.79. The Morgan fingerprint density at radius 2 is 2.24 bits per heavy atom. The van der Waals surface area contributed by atoms with E-state index in [9.17, 15) is 18.5 Å². The van der Waals surface area contributed by atoms with Crippen molar-refractivity contribution in [1.29, 1.82) is 0 Å². The number of nitro benzene ring substituents is 1. The molecule has 0 spiro atoms. The van der Waals surface area contributed by atoms with Crippen LogP contribution in [0.3, 0.4) is 0 Å². The van der Waals surface area contributed by atoms with Crippen molar-refractivity contribution in [1.82, 2.24) is 19.2 Å². The number of non-ortho nitro benzene ring substituents is 1. The minimum atomic E-state index is -3.65. The molecule has 1 atom stereocenters. The number of rotatable bonds is 5. The third-order valence-electron chi connectivity index (χ3n) is 4.18. The van der Waals surface area contributed by atoms with Crippen molar-refractivity contribution in [2.45, 2.75) is 11.8 Å². The van der Waals surface area contributed by atoms with Gasteiger partial charge in [-0.05, 0) is 5.56 Å². The lowest BCUT2D eigenvalue weighted by Crippen LogP contribution is -2.49. The lowest BCUT2D eigenvalue weighted by Gasteiger charge is -2.34. The van der Waals surface area contributed by atoms with E-state index in [-0.39, 0.29) is 11.4 Å². The summed E-state index contributed by atoms with van der Waals surface area (Å²) in [6.07, 6.45) is 3.41. The van der Waals surface area contributed by atoms with Gasteiger partial charge in [-0.25, -0.2) is 13.4 Å². The Kier molecular flexibility index (Phi) is 4.84. The smallest absolute Gasteiger partial charge is 0.269 e. The van der Waals surface area contributed by atoms with Gasteiger partial charge in [-0.3, -0.25) is 10.1 Å². The van der Waals surface area contributed by atoms with E-state index in [1.807, 2.05) is 7.05 Å². The van der Waals surface area contributed by atoms with Crippen LogP contribution in [0.25, 0.3) is 0 Å². The van der Waals surface area contributed by atoms with Crippen LogP contribution in [-0.4, -0.2) is 46.8 Å². The Balaban J connectivity index is 1.88. The van der Waals surface area contributed by atoms with Crippen molar-refractivity contribution in [3.05, 3.63) is 58.2 Å². The van der Waals surface area contributed by atoms with Crippen molar-refractivity contribution in [3.8, 4) is 0 Å². The molecule has 1 aromatic heterocycles. The molecule has 0 radical (unpaired) electrons. The molecule has 25 heavy (non-hydrogen) atoms. The van der Waals surface area contributed by atoms with E-state index < -0.39 is 21.0 Å². The highest BCUT2D eigenvalue weighted by atomic mass is 32.2. The molecule has 0 bridgehead atoms. The third-order valence-corrected chi connectivity index (χ3v) is 6.03. The van der Waals surface area contributed by atoms with Crippen molar-refractivity contribution in [3.63, 3.8) is 0 Å². The van der Waals surface area contributed by atoms with E-state index in [2.05, 4.69) is 10.3 Å². The van der Waals surface area contributed by atoms with E-state index in [0.717, 1.165) is 0 Å². The summed E-state index contributed by atoms with van der Waals surface area (Å²) in [5, 5.41) is 14.1. The Bertz CT molecular complexity index is 880. The van der Waals surface area contributed by atoms with Gasteiger partial charge in [0.15, 0.2) is 0 Å². The number of piperazine rings is 1. The van der Waals surface area contributed by atoms with Crippen LogP contribution < -0.4 is 5.32 Å². The van der Waals surface area contributed by atoms with Crippen LogP contribution in [0.1, 0.15) is 17.4 Å². The molecule has 0 saturated carbocycles. The second kappa shape index (κ2) is 6.90. The Labute approximate surface area is 145 Å². The van der Waals surface area contributed by atoms with Crippen LogP contribution >= 0.6 is 0 Å². The first kappa shape index (κ1) is 17.5. The zero-order valence-electron chi connectivity index (χ0n) is 13.7. The first-order valence-corrected chi connectivity index (χ1v) is 9.40. The van der Waals surface area contributed by atoms with E-state index in [1.165, 1.54) is 22.5 Å². The average Bonchev–Trinajstić information content (AvgIpc) is 3.00. The number of benzene rings is 1. The number of nitro groups is 1. The van der Waals surface area contributed by atoms with Crippen molar-refractivity contribution in [2.24, 2.45) is 7.05 Å². The van der Waals surface area contributed by atoms with Crippen LogP contribution in [0.15, 0.2) is 36.7 Å². The van der Waals surface area contributed by atoms with Crippen LogP contribution in [0, 0.1) is 10.1 Å². The molecule has 1 aromatic carbocycles. The first-order chi connectivity index (χ1) is 11.9. The summed E-state index contributed by atoms with van der Waals surface area (Å²) in [5.74, 6) is 0.380. The van der Waals surface area contributed by atoms with Gasteiger partial charge in [-0.15, -0.1) is 0 Å². The summed E-state index contributed by atoms with van der Waals surface area (Å²) in [6.45, 7) is 1.35. The van der Waals surface area contributed by atoms with Gasteiger partial charge in [0.25, 0.3) is 5.69 Å². The Hall–Kier alpha value is -2.30. The molecular weight excluding hydrogens is 346 g/mol. The second-order valence-corrected chi connectivity index (χ2v) is 7.83. The van der Waals surface area contributed by atoms with Crippen LogP contribution in [0.4, 0.5) is 5.69 Å². The average molecular weight is 365 g/mol. The number of aryl methyl sites for hydroxylation is 1. The maximum atomic E-state index is 12.9. The fraction of sp³-hybridized carbons (Fsp3) is 0.400. The molecule has 1 fully saturated rings. The predicted molar refractivity (Wildman–Crippen MR) is 91.2 cm³/mol. The summed E-state index contributed by atoms with van der Waals surface area (Å²) in [7, 11) is -1.83. The zero-order chi connectivity index (χ0) is 18.0. The molecule has 1 aliphatic rings. The van der Waals surface area contributed by atoms with E-state index in [4.69, 9.17) is 0 Å². The van der Waals surface area contributed by atoms with Crippen molar-refractivity contribution >= 4 is 15.7 Å². The van der Waals surface area contributed by atoms with Crippen molar-refractivity contribution in [2.75, 3.05) is 19.6 Å². The number of hydrogen-bond donors (Lipinski definition) is 1. The zero-order valence-corrected chi connectivity index (χ0v) is 14.5. The van der Waals surface area contributed by atoms with Gasteiger partial charge in [-0.1, -0.05) is 12.1 Å². The minimum absolute atomic E-state index is 0.117. The largest absolute Gasteiger partial charge is 0.337 e. The number of sulfonamides is 1. The van der Waals surface area contributed by atoms with Crippen molar-refractivity contribution < 1.29 is 13.3 Å². The number of nitrogens with one attached hydrogen (secondary N) is 1. The summed E-state index contributed by atoms with van der Waals surface area (Å²) >= 11 is 0. The second-order valence-electron chi connectivity index (χ2n) is 5.91. The number of aromatic nitrogens is 2. The quantitative estimate of drug-likeness (QED) is 0.620. The van der Waals surface area contributed by atoms with Crippen LogP contribution in [0.5, 0.6) is 0 Å². The van der Waals surface area contributed by atoms with E-state index in [1.54, 1.807) is 23.0 Å². The minimum Gasteiger partial charge on any atom is -0.337 e. The molecule has 1 saturated heterocycles. The molecular formula is C15H19N5O4S. The Morgan fingerprint density at radius 1 is 1.44 bits per heavy atom. The summed E-state index contributed by atoms with van der Waals surface area (Å²) < 4.78 is 29.1. The van der Waals surface area contributed by atoms with Crippen LogP contribution in [-0.2, 0) is 22.8 Å². The molecule has 0 amide bonds. The monoisotopic (exact) mass is 365 g/mol. The lowest BCUT2D eigenvalue weighted by molar-refractivity contribution is -0.384. The highest BCUT2D eigenvalue weighted by Crippen LogP contribution is 2.26. The highest BCUT2D eigenvalue weighted by molar-refractivity contribution is 7.88. The van der Waals surface area contributed by atoms with E-state index >= 15 is 0 Å². The van der Waals surface area contributed by atoms with Gasteiger partial charge in [0.05, 0.1) is 16.7 Å². The Morgan fingerprint density at radius 3 is 2.92 bits per heavy atom. The molecule has 2 heterocycles. The molecule has 10 heteroatoms. The summed E-state index contributed by atoms with van der Waals surface area (Å²) in [5.41, 5.74) is 0.278. The molecule has 0 aliphatic carbocycles. The maximum absolute atomic E-state index is 12.9. The van der Waals surface area contributed by atoms with Gasteiger partial charge in [0, 0.05) is 51.2 Å². The third kappa shape index (κ3) is 3.70. The number of imidazole rings is 1.